The zero-order valence-corrected chi connectivity index (χ0v) is 18.9. The maximum Gasteiger partial charge on any atom is 0.253 e. The van der Waals surface area contributed by atoms with Crippen LogP contribution in [0.25, 0.3) is 0 Å². The molecule has 1 fully saturated rings. The smallest absolute Gasteiger partial charge is 0.253 e. The van der Waals surface area contributed by atoms with Gasteiger partial charge in [0.05, 0.1) is 17.2 Å². The second-order valence-electron chi connectivity index (χ2n) is 9.01. The highest BCUT2D eigenvalue weighted by Gasteiger charge is 2.28. The molecule has 2 amide bonds. The summed E-state index contributed by atoms with van der Waals surface area (Å²) in [5.41, 5.74) is 0.987. The Balaban J connectivity index is 1.68. The third kappa shape index (κ3) is 6.28. The lowest BCUT2D eigenvalue weighted by Crippen LogP contribution is -2.42. The van der Waals surface area contributed by atoms with Crippen molar-refractivity contribution in [2.45, 2.75) is 45.7 Å². The summed E-state index contributed by atoms with van der Waals surface area (Å²) < 4.78 is 14.2. The Labute approximate surface area is 188 Å². The van der Waals surface area contributed by atoms with Gasteiger partial charge in [-0.15, -0.1) is 0 Å². The van der Waals surface area contributed by atoms with Gasteiger partial charge in [0.1, 0.15) is 5.82 Å². The van der Waals surface area contributed by atoms with E-state index in [1.807, 2.05) is 20.8 Å². The fourth-order valence-electron chi connectivity index (χ4n) is 3.75. The van der Waals surface area contributed by atoms with Crippen LogP contribution in [-0.4, -0.2) is 35.3 Å². The highest BCUT2D eigenvalue weighted by molar-refractivity contribution is 6.31. The highest BCUT2D eigenvalue weighted by Crippen LogP contribution is 2.25. The average molecular weight is 446 g/mol. The van der Waals surface area contributed by atoms with Gasteiger partial charge in [-0.3, -0.25) is 14.5 Å². The first-order chi connectivity index (χ1) is 14.6. The predicted octanol–water partition coefficient (Wildman–Crippen LogP) is 4.86. The van der Waals surface area contributed by atoms with Crippen molar-refractivity contribution in [1.29, 1.82) is 0 Å². The number of piperidine rings is 1. The molecule has 0 radical (unpaired) electrons. The molecule has 0 aromatic heterocycles. The fraction of sp³-hybridized carbons (Fsp3) is 0.417. The third-order valence-corrected chi connectivity index (χ3v) is 5.59. The second-order valence-corrected chi connectivity index (χ2v) is 9.42. The lowest BCUT2D eigenvalue weighted by atomic mass is 9.96. The van der Waals surface area contributed by atoms with Crippen LogP contribution in [0, 0.1) is 11.7 Å². The van der Waals surface area contributed by atoms with Crippen molar-refractivity contribution in [2.24, 2.45) is 5.92 Å². The van der Waals surface area contributed by atoms with Crippen molar-refractivity contribution in [3.63, 3.8) is 0 Å². The van der Waals surface area contributed by atoms with Gasteiger partial charge in [0.25, 0.3) is 5.91 Å². The molecule has 1 saturated heterocycles. The molecule has 2 aromatic carbocycles. The Kier molecular flexibility index (Phi) is 7.34. The zero-order chi connectivity index (χ0) is 22.6. The van der Waals surface area contributed by atoms with Gasteiger partial charge in [-0.05, 0) is 64.4 Å². The van der Waals surface area contributed by atoms with Gasteiger partial charge in [-0.1, -0.05) is 29.8 Å². The van der Waals surface area contributed by atoms with Crippen LogP contribution in [0.5, 0.6) is 0 Å². The normalized spacial score (nSPS) is 17.3. The molecule has 1 unspecified atom stereocenters. The minimum absolute atomic E-state index is 0.139. The molecule has 1 atom stereocenters. The van der Waals surface area contributed by atoms with Crippen molar-refractivity contribution in [3.8, 4) is 0 Å². The second kappa shape index (κ2) is 9.79. The molecule has 1 heterocycles. The van der Waals surface area contributed by atoms with Crippen LogP contribution in [-0.2, 0) is 11.3 Å². The van der Waals surface area contributed by atoms with Crippen LogP contribution in [0.2, 0.25) is 5.02 Å². The number of hydrogen-bond donors (Lipinski definition) is 2. The predicted molar refractivity (Wildman–Crippen MR) is 122 cm³/mol. The number of hydrogen-bond acceptors (Lipinski definition) is 3. The van der Waals surface area contributed by atoms with E-state index in [0.717, 1.165) is 19.4 Å². The van der Waals surface area contributed by atoms with E-state index in [-0.39, 0.29) is 29.1 Å². The summed E-state index contributed by atoms with van der Waals surface area (Å²) >= 11 is 6.16. The van der Waals surface area contributed by atoms with E-state index in [0.29, 0.717) is 34.9 Å². The minimum Gasteiger partial charge on any atom is -0.347 e. The van der Waals surface area contributed by atoms with Crippen LogP contribution in [0.3, 0.4) is 0 Å². The number of nitrogens with one attached hydrogen (secondary N) is 2. The van der Waals surface area contributed by atoms with Crippen LogP contribution < -0.4 is 10.6 Å². The zero-order valence-electron chi connectivity index (χ0n) is 18.2. The van der Waals surface area contributed by atoms with Gasteiger partial charge in [0, 0.05) is 29.2 Å². The number of para-hydroxylation sites is 1. The number of halogens is 2. The largest absolute Gasteiger partial charge is 0.347 e. The third-order valence-electron chi connectivity index (χ3n) is 5.24. The summed E-state index contributed by atoms with van der Waals surface area (Å²) in [5, 5.41) is 6.25. The first-order valence-corrected chi connectivity index (χ1v) is 10.9. The first-order valence-electron chi connectivity index (χ1n) is 10.5. The van der Waals surface area contributed by atoms with Gasteiger partial charge in [-0.25, -0.2) is 4.39 Å². The van der Waals surface area contributed by atoms with Crippen LogP contribution in [0.1, 0.15) is 49.5 Å². The summed E-state index contributed by atoms with van der Waals surface area (Å²) in [6, 6.07) is 11.6. The summed E-state index contributed by atoms with van der Waals surface area (Å²) in [4.78, 5) is 27.7. The lowest BCUT2D eigenvalue weighted by molar-refractivity contribution is -0.121. The number of amides is 2. The Hall–Kier alpha value is -2.44. The summed E-state index contributed by atoms with van der Waals surface area (Å²) in [5.74, 6) is -0.959. The van der Waals surface area contributed by atoms with E-state index in [1.54, 1.807) is 36.4 Å². The quantitative estimate of drug-likeness (QED) is 0.691. The monoisotopic (exact) mass is 445 g/mol. The van der Waals surface area contributed by atoms with Gasteiger partial charge >= 0.3 is 0 Å². The number of nitrogens with zero attached hydrogens (tertiary/aromatic N) is 1. The van der Waals surface area contributed by atoms with Crippen molar-refractivity contribution in [1.82, 2.24) is 10.2 Å². The number of anilines is 1. The molecular weight excluding hydrogens is 417 g/mol. The molecule has 0 saturated carbocycles. The number of carbonyl (C=O) groups is 2. The van der Waals surface area contributed by atoms with Crippen molar-refractivity contribution >= 4 is 29.1 Å². The van der Waals surface area contributed by atoms with E-state index in [4.69, 9.17) is 11.6 Å². The number of likely N-dealkylation sites (tertiary alicyclic amines) is 1. The number of carbonyl (C=O) groups excluding carboxylic acids is 2. The molecule has 5 nitrogen and oxygen atoms in total. The van der Waals surface area contributed by atoms with Gasteiger partial charge in [-0.2, -0.15) is 0 Å². The van der Waals surface area contributed by atoms with E-state index < -0.39 is 0 Å². The van der Waals surface area contributed by atoms with Crippen LogP contribution in [0.15, 0.2) is 42.5 Å². The maximum atomic E-state index is 14.2. The Morgan fingerprint density at radius 1 is 1.16 bits per heavy atom. The Morgan fingerprint density at radius 3 is 2.61 bits per heavy atom. The molecule has 1 aliphatic heterocycles. The summed E-state index contributed by atoms with van der Waals surface area (Å²) in [6.07, 6.45) is 1.57. The highest BCUT2D eigenvalue weighted by atomic mass is 35.5. The molecule has 0 spiro atoms. The summed E-state index contributed by atoms with van der Waals surface area (Å²) in [7, 11) is 0. The fourth-order valence-corrected chi connectivity index (χ4v) is 3.98. The molecule has 2 aromatic rings. The standard InChI is InChI=1S/C24H29ClFN3O2/c1-24(2,3)28-23(31)17-9-4-5-12-21(17)27-22(30)16-8-7-13-29(14-16)15-18-19(25)10-6-11-20(18)26/h4-6,9-12,16H,7-8,13-15H2,1-3H3,(H,27,30)(H,28,31). The molecule has 2 N–H and O–H groups in total. The first kappa shape index (κ1) is 23.2. The van der Waals surface area contributed by atoms with E-state index in [2.05, 4.69) is 15.5 Å². The van der Waals surface area contributed by atoms with Gasteiger partial charge < -0.3 is 10.6 Å². The number of rotatable bonds is 5. The molecule has 7 heteroatoms. The Bertz CT molecular complexity index is 938. The van der Waals surface area contributed by atoms with Crippen LogP contribution in [0.4, 0.5) is 10.1 Å². The van der Waals surface area contributed by atoms with Crippen molar-refractivity contribution < 1.29 is 14.0 Å². The molecular formula is C24H29ClFN3O2. The van der Waals surface area contributed by atoms with Gasteiger partial charge in [0.15, 0.2) is 0 Å². The van der Waals surface area contributed by atoms with Crippen molar-refractivity contribution in [3.05, 3.63) is 64.4 Å². The van der Waals surface area contributed by atoms with E-state index in [9.17, 15) is 14.0 Å². The maximum absolute atomic E-state index is 14.2. The van der Waals surface area contributed by atoms with E-state index >= 15 is 0 Å². The molecule has 166 valence electrons. The SMILES string of the molecule is CC(C)(C)NC(=O)c1ccccc1NC(=O)C1CCCN(Cc2c(F)cccc2Cl)C1. The van der Waals surface area contributed by atoms with Gasteiger partial charge in [0.2, 0.25) is 5.91 Å². The summed E-state index contributed by atoms with van der Waals surface area (Å²) in [6.45, 7) is 7.37. The topological polar surface area (TPSA) is 61.4 Å². The van der Waals surface area contributed by atoms with Crippen molar-refractivity contribution in [2.75, 3.05) is 18.4 Å². The lowest BCUT2D eigenvalue weighted by Gasteiger charge is -2.32. The van der Waals surface area contributed by atoms with Crippen LogP contribution >= 0.6 is 11.6 Å². The minimum atomic E-state index is -0.383. The molecule has 0 aliphatic carbocycles. The molecule has 1 aliphatic rings. The average Bonchev–Trinajstić information content (AvgIpc) is 2.70. The molecule has 3 rings (SSSR count). The van der Waals surface area contributed by atoms with E-state index in [1.165, 1.54) is 6.07 Å². The Morgan fingerprint density at radius 2 is 1.90 bits per heavy atom. The molecule has 31 heavy (non-hydrogen) atoms. The number of benzene rings is 2. The molecule has 0 bridgehead atoms.